The van der Waals surface area contributed by atoms with E-state index in [1.54, 1.807) is 0 Å². The lowest BCUT2D eigenvalue weighted by molar-refractivity contribution is 0.402. The zero-order valence-electron chi connectivity index (χ0n) is 16.7. The lowest BCUT2D eigenvalue weighted by Crippen LogP contribution is -2.39. The first-order valence-corrected chi connectivity index (χ1v) is 9.22. The van der Waals surface area contributed by atoms with Crippen LogP contribution < -0.4 is 5.32 Å². The van der Waals surface area contributed by atoms with Crippen LogP contribution >= 0.6 is 24.0 Å². The zero-order valence-corrected chi connectivity index (χ0v) is 19.1. The summed E-state index contributed by atoms with van der Waals surface area (Å²) in [5, 5.41) is 7.83. The van der Waals surface area contributed by atoms with Gasteiger partial charge in [-0.3, -0.25) is 9.67 Å². The molecular formula is C20H31IN6. The van der Waals surface area contributed by atoms with Gasteiger partial charge in [-0.15, -0.1) is 24.0 Å². The molecular weight excluding hydrogens is 451 g/mol. The summed E-state index contributed by atoms with van der Waals surface area (Å²) in [6, 6.07) is 8.74. The Hall–Kier alpha value is -1.61. The Balaban J connectivity index is 0.00000261. The quantitative estimate of drug-likeness (QED) is 0.405. The SMILES string of the molecule is CN=C(NCc1cccc(CN(C)C)c1)N1CCC(c2cnn(C)c2)C1.I. The molecule has 0 amide bonds. The maximum atomic E-state index is 4.49. The Morgan fingerprint density at radius 3 is 2.78 bits per heavy atom. The number of nitrogens with zero attached hydrogens (tertiary/aromatic N) is 5. The molecule has 2 heterocycles. The average Bonchev–Trinajstić information content (AvgIpc) is 3.24. The summed E-state index contributed by atoms with van der Waals surface area (Å²) in [4.78, 5) is 9.03. The van der Waals surface area contributed by atoms with E-state index in [2.05, 4.69) is 69.8 Å². The van der Waals surface area contributed by atoms with Crippen LogP contribution in [0, 0.1) is 0 Å². The standard InChI is InChI=1S/C20H30N6.HI/c1-21-20(22-11-16-6-5-7-17(10-16)13-24(2)3)26-9-8-18(15-26)19-12-23-25(4)14-19;/h5-7,10,12,14,18H,8-9,11,13,15H2,1-4H3,(H,21,22);1H. The second-order valence-corrected chi connectivity index (χ2v) is 7.34. The molecule has 148 valence electrons. The van der Waals surface area contributed by atoms with Crippen molar-refractivity contribution >= 4 is 29.9 Å². The highest BCUT2D eigenvalue weighted by atomic mass is 127. The van der Waals surface area contributed by atoms with Gasteiger partial charge in [-0.05, 0) is 37.2 Å². The van der Waals surface area contributed by atoms with Gasteiger partial charge < -0.3 is 15.1 Å². The van der Waals surface area contributed by atoms with Crippen molar-refractivity contribution in [1.29, 1.82) is 0 Å². The Bertz CT molecular complexity index is 754. The fraction of sp³-hybridized carbons (Fsp3) is 0.500. The van der Waals surface area contributed by atoms with Gasteiger partial charge in [0.25, 0.3) is 0 Å². The number of hydrogen-bond acceptors (Lipinski definition) is 3. The first kappa shape index (κ1) is 21.7. The highest BCUT2D eigenvalue weighted by Crippen LogP contribution is 2.26. The molecule has 1 aliphatic heterocycles. The second-order valence-electron chi connectivity index (χ2n) is 7.34. The van der Waals surface area contributed by atoms with Crippen LogP contribution in [0.25, 0.3) is 0 Å². The maximum Gasteiger partial charge on any atom is 0.193 e. The first-order valence-electron chi connectivity index (χ1n) is 9.22. The van der Waals surface area contributed by atoms with Gasteiger partial charge >= 0.3 is 0 Å². The number of hydrogen-bond donors (Lipinski definition) is 1. The number of aryl methyl sites for hydroxylation is 1. The van der Waals surface area contributed by atoms with Gasteiger partial charge in [-0.25, -0.2) is 0 Å². The Labute approximate surface area is 179 Å². The molecule has 1 N–H and O–H groups in total. The molecule has 7 heteroatoms. The van der Waals surface area contributed by atoms with E-state index in [9.17, 15) is 0 Å². The third-order valence-corrected chi connectivity index (χ3v) is 4.84. The Morgan fingerprint density at radius 2 is 2.11 bits per heavy atom. The molecule has 6 nitrogen and oxygen atoms in total. The molecule has 0 saturated carbocycles. The Kier molecular flexibility index (Phi) is 8.09. The number of aromatic nitrogens is 2. The minimum Gasteiger partial charge on any atom is -0.352 e. The molecule has 27 heavy (non-hydrogen) atoms. The van der Waals surface area contributed by atoms with Crippen LogP contribution in [0.4, 0.5) is 0 Å². The summed E-state index contributed by atoms with van der Waals surface area (Å²) >= 11 is 0. The lowest BCUT2D eigenvalue weighted by Gasteiger charge is -2.22. The second kappa shape index (κ2) is 10.1. The highest BCUT2D eigenvalue weighted by molar-refractivity contribution is 14.0. The fourth-order valence-electron chi connectivity index (χ4n) is 3.59. The molecule has 0 spiro atoms. The van der Waals surface area contributed by atoms with Crippen molar-refractivity contribution in [3.63, 3.8) is 0 Å². The molecule has 1 aromatic carbocycles. The van der Waals surface area contributed by atoms with Crippen LogP contribution in [-0.4, -0.2) is 59.8 Å². The molecule has 2 aromatic rings. The van der Waals surface area contributed by atoms with Gasteiger partial charge in [0.15, 0.2) is 5.96 Å². The zero-order chi connectivity index (χ0) is 18.5. The van der Waals surface area contributed by atoms with Crippen molar-refractivity contribution in [2.75, 3.05) is 34.2 Å². The predicted octanol–water partition coefficient (Wildman–Crippen LogP) is 2.66. The van der Waals surface area contributed by atoms with E-state index in [-0.39, 0.29) is 24.0 Å². The van der Waals surface area contributed by atoms with Crippen LogP contribution in [0.3, 0.4) is 0 Å². The van der Waals surface area contributed by atoms with Crippen molar-refractivity contribution < 1.29 is 0 Å². The predicted molar refractivity (Wildman–Crippen MR) is 122 cm³/mol. The number of guanidine groups is 1. The largest absolute Gasteiger partial charge is 0.352 e. The average molecular weight is 482 g/mol. The fourth-order valence-corrected chi connectivity index (χ4v) is 3.59. The third-order valence-electron chi connectivity index (χ3n) is 4.84. The number of aliphatic imine (C=N–C) groups is 1. The smallest absolute Gasteiger partial charge is 0.193 e. The van der Waals surface area contributed by atoms with Gasteiger partial charge in [-0.2, -0.15) is 5.10 Å². The van der Waals surface area contributed by atoms with Gasteiger partial charge in [0, 0.05) is 52.4 Å². The van der Waals surface area contributed by atoms with E-state index in [4.69, 9.17) is 0 Å². The normalized spacial score (nSPS) is 17.3. The van der Waals surface area contributed by atoms with Crippen molar-refractivity contribution in [3.05, 3.63) is 53.3 Å². The highest BCUT2D eigenvalue weighted by Gasteiger charge is 2.26. The molecule has 0 radical (unpaired) electrons. The summed E-state index contributed by atoms with van der Waals surface area (Å²) in [7, 11) is 8.03. The summed E-state index contributed by atoms with van der Waals surface area (Å²) < 4.78 is 1.88. The van der Waals surface area contributed by atoms with E-state index in [0.29, 0.717) is 5.92 Å². The van der Waals surface area contributed by atoms with Gasteiger partial charge in [0.05, 0.1) is 6.20 Å². The lowest BCUT2D eigenvalue weighted by atomic mass is 10.0. The summed E-state index contributed by atoms with van der Waals surface area (Å²) in [5.74, 6) is 1.51. The van der Waals surface area contributed by atoms with Gasteiger partial charge in [-0.1, -0.05) is 24.3 Å². The Morgan fingerprint density at radius 1 is 1.33 bits per heavy atom. The molecule has 1 aromatic heterocycles. The number of nitrogens with one attached hydrogen (secondary N) is 1. The maximum absolute atomic E-state index is 4.49. The first-order chi connectivity index (χ1) is 12.5. The number of likely N-dealkylation sites (tertiary alicyclic amines) is 1. The molecule has 1 aliphatic rings. The summed E-state index contributed by atoms with van der Waals surface area (Å²) in [6.07, 6.45) is 5.26. The van der Waals surface area contributed by atoms with E-state index >= 15 is 0 Å². The van der Waals surface area contributed by atoms with E-state index in [1.165, 1.54) is 16.7 Å². The van der Waals surface area contributed by atoms with Crippen molar-refractivity contribution in [1.82, 2.24) is 24.9 Å². The van der Waals surface area contributed by atoms with Gasteiger partial charge in [0.1, 0.15) is 0 Å². The summed E-state index contributed by atoms with van der Waals surface area (Å²) in [5.41, 5.74) is 3.94. The minimum atomic E-state index is 0. The van der Waals surface area contributed by atoms with Crippen molar-refractivity contribution in [2.45, 2.75) is 25.4 Å². The molecule has 0 aliphatic carbocycles. The number of rotatable bonds is 5. The molecule has 1 saturated heterocycles. The molecule has 1 fully saturated rings. The van der Waals surface area contributed by atoms with Gasteiger partial charge in [0.2, 0.25) is 0 Å². The third kappa shape index (κ3) is 5.93. The monoisotopic (exact) mass is 482 g/mol. The van der Waals surface area contributed by atoms with E-state index in [1.807, 2.05) is 25.0 Å². The summed E-state index contributed by atoms with van der Waals surface area (Å²) in [6.45, 7) is 3.77. The van der Waals surface area contributed by atoms with E-state index in [0.717, 1.165) is 38.6 Å². The van der Waals surface area contributed by atoms with Crippen molar-refractivity contribution in [2.24, 2.45) is 12.0 Å². The van der Waals surface area contributed by atoms with Crippen LogP contribution in [0.1, 0.15) is 29.0 Å². The number of benzene rings is 1. The molecule has 0 bridgehead atoms. The molecule has 1 unspecified atom stereocenters. The molecule has 1 atom stereocenters. The van der Waals surface area contributed by atoms with Crippen LogP contribution in [0.15, 0.2) is 41.7 Å². The van der Waals surface area contributed by atoms with Crippen molar-refractivity contribution in [3.8, 4) is 0 Å². The van der Waals surface area contributed by atoms with Crippen LogP contribution in [-0.2, 0) is 20.1 Å². The van der Waals surface area contributed by atoms with Crippen LogP contribution in [0.2, 0.25) is 0 Å². The minimum absolute atomic E-state index is 0. The van der Waals surface area contributed by atoms with E-state index < -0.39 is 0 Å². The topological polar surface area (TPSA) is 48.7 Å². The number of halogens is 1. The van der Waals surface area contributed by atoms with Crippen LogP contribution in [0.5, 0.6) is 0 Å². The molecule has 3 rings (SSSR count).